The molecule has 3 heterocycles. The van der Waals surface area contributed by atoms with E-state index in [0.717, 1.165) is 37.3 Å². The molecule has 0 spiro atoms. The maximum Gasteiger partial charge on any atom is 0.227 e. The minimum atomic E-state index is -2.89. The van der Waals surface area contributed by atoms with Gasteiger partial charge in [0.05, 0.1) is 11.5 Å². The van der Waals surface area contributed by atoms with E-state index < -0.39 is 9.84 Å². The summed E-state index contributed by atoms with van der Waals surface area (Å²) >= 11 is 0. The van der Waals surface area contributed by atoms with Gasteiger partial charge in [0.15, 0.2) is 9.84 Å². The number of nitrogens with zero attached hydrogens (tertiary/aromatic N) is 4. The Kier molecular flexibility index (Phi) is 4.75. The lowest BCUT2D eigenvalue weighted by Gasteiger charge is -2.32. The van der Waals surface area contributed by atoms with Gasteiger partial charge in [0.2, 0.25) is 5.95 Å². The predicted molar refractivity (Wildman–Crippen MR) is 92.7 cm³/mol. The maximum absolute atomic E-state index is 11.8. The summed E-state index contributed by atoms with van der Waals surface area (Å²) < 4.78 is 23.5. The first-order chi connectivity index (χ1) is 11.0. The molecule has 2 saturated heterocycles. The highest BCUT2D eigenvalue weighted by Crippen LogP contribution is 2.25. The smallest absolute Gasteiger partial charge is 0.227 e. The zero-order chi connectivity index (χ0) is 16.4. The van der Waals surface area contributed by atoms with Crippen LogP contribution in [-0.4, -0.2) is 55.6 Å². The molecule has 0 aromatic carbocycles. The molecule has 0 amide bonds. The third-order valence-electron chi connectivity index (χ3n) is 4.98. The number of rotatable bonds is 4. The summed E-state index contributed by atoms with van der Waals surface area (Å²) in [6, 6.07) is 1.93. The van der Waals surface area contributed by atoms with Crippen LogP contribution < -0.4 is 9.80 Å². The summed E-state index contributed by atoms with van der Waals surface area (Å²) in [4.78, 5) is 13.5. The van der Waals surface area contributed by atoms with Crippen LogP contribution in [0.2, 0.25) is 0 Å². The molecule has 7 heteroatoms. The fraction of sp³-hybridized carbons (Fsp3) is 0.750. The number of sulfone groups is 1. The molecule has 1 aromatic heterocycles. The Morgan fingerprint density at radius 3 is 2.65 bits per heavy atom. The third-order valence-corrected chi connectivity index (χ3v) is 6.73. The molecule has 0 radical (unpaired) electrons. The molecule has 1 atom stereocenters. The van der Waals surface area contributed by atoms with Crippen LogP contribution in [0.5, 0.6) is 0 Å². The molecule has 3 rings (SSSR count). The number of aromatic nitrogens is 2. The van der Waals surface area contributed by atoms with Crippen LogP contribution in [-0.2, 0) is 9.84 Å². The number of hydrogen-bond acceptors (Lipinski definition) is 6. The molecule has 1 unspecified atom stereocenters. The topological polar surface area (TPSA) is 66.4 Å². The monoisotopic (exact) mass is 338 g/mol. The third kappa shape index (κ3) is 3.76. The van der Waals surface area contributed by atoms with Crippen molar-refractivity contribution >= 4 is 21.6 Å². The van der Waals surface area contributed by atoms with E-state index in [1.165, 1.54) is 12.8 Å². The lowest BCUT2D eigenvalue weighted by atomic mass is 10.00. The Balaban J connectivity index is 1.78. The standard InChI is InChI=1S/C16H26N4O2S/c1-3-20(14-7-11-23(21,22)12-14)15-4-8-17-16(18-15)19-9-5-13(2)6-10-19/h4,8,13-14H,3,5-7,9-12H2,1-2H3. The molecule has 0 saturated carbocycles. The second kappa shape index (κ2) is 6.63. The Hall–Kier alpha value is -1.37. The van der Waals surface area contributed by atoms with E-state index in [-0.39, 0.29) is 17.5 Å². The summed E-state index contributed by atoms with van der Waals surface area (Å²) in [5.41, 5.74) is 0. The molecule has 1 aromatic rings. The van der Waals surface area contributed by atoms with Crippen LogP contribution in [0.1, 0.15) is 33.1 Å². The first-order valence-electron chi connectivity index (χ1n) is 8.53. The van der Waals surface area contributed by atoms with Crippen molar-refractivity contribution < 1.29 is 8.42 Å². The van der Waals surface area contributed by atoms with Crippen LogP contribution in [0.15, 0.2) is 12.3 Å². The second-order valence-corrected chi connectivity index (χ2v) is 8.96. The molecule has 6 nitrogen and oxygen atoms in total. The second-order valence-electron chi connectivity index (χ2n) is 6.73. The number of piperidine rings is 1. The van der Waals surface area contributed by atoms with E-state index in [4.69, 9.17) is 4.98 Å². The van der Waals surface area contributed by atoms with Gasteiger partial charge in [0, 0.05) is 31.9 Å². The first kappa shape index (κ1) is 16.5. The first-order valence-corrected chi connectivity index (χ1v) is 10.4. The Bertz CT molecular complexity index is 641. The van der Waals surface area contributed by atoms with Gasteiger partial charge in [-0.05, 0) is 38.2 Å². The van der Waals surface area contributed by atoms with Crippen LogP contribution in [0, 0.1) is 5.92 Å². The molecule has 23 heavy (non-hydrogen) atoms. The van der Waals surface area contributed by atoms with Gasteiger partial charge < -0.3 is 9.80 Å². The van der Waals surface area contributed by atoms with E-state index in [9.17, 15) is 8.42 Å². The fourth-order valence-corrected chi connectivity index (χ4v) is 5.22. The van der Waals surface area contributed by atoms with Gasteiger partial charge >= 0.3 is 0 Å². The van der Waals surface area contributed by atoms with E-state index in [1.54, 1.807) is 6.20 Å². The van der Waals surface area contributed by atoms with Crippen molar-refractivity contribution in [2.24, 2.45) is 5.92 Å². The van der Waals surface area contributed by atoms with Crippen molar-refractivity contribution in [3.05, 3.63) is 12.3 Å². The zero-order valence-corrected chi connectivity index (χ0v) is 14.8. The Morgan fingerprint density at radius 1 is 1.30 bits per heavy atom. The van der Waals surface area contributed by atoms with Crippen LogP contribution >= 0.6 is 0 Å². The van der Waals surface area contributed by atoms with Gasteiger partial charge in [-0.2, -0.15) is 4.98 Å². The van der Waals surface area contributed by atoms with Crippen molar-refractivity contribution in [3.8, 4) is 0 Å². The highest BCUT2D eigenvalue weighted by Gasteiger charge is 2.32. The van der Waals surface area contributed by atoms with Gasteiger partial charge in [-0.1, -0.05) is 6.92 Å². The molecular weight excluding hydrogens is 312 g/mol. The average Bonchev–Trinajstić information content (AvgIpc) is 2.89. The van der Waals surface area contributed by atoms with Crippen molar-refractivity contribution in [1.29, 1.82) is 0 Å². The van der Waals surface area contributed by atoms with Crippen LogP contribution in [0.25, 0.3) is 0 Å². The van der Waals surface area contributed by atoms with Gasteiger partial charge in [0.25, 0.3) is 0 Å². The van der Waals surface area contributed by atoms with Gasteiger partial charge in [-0.3, -0.25) is 0 Å². The minimum absolute atomic E-state index is 0.0362. The Morgan fingerprint density at radius 2 is 2.04 bits per heavy atom. The number of hydrogen-bond donors (Lipinski definition) is 0. The summed E-state index contributed by atoms with van der Waals surface area (Å²) in [5.74, 6) is 2.91. The summed E-state index contributed by atoms with van der Waals surface area (Å²) in [7, 11) is -2.89. The summed E-state index contributed by atoms with van der Waals surface area (Å²) in [5, 5.41) is 0. The molecule has 2 aliphatic heterocycles. The van der Waals surface area contributed by atoms with E-state index >= 15 is 0 Å². The van der Waals surface area contributed by atoms with Gasteiger partial charge in [-0.25, -0.2) is 13.4 Å². The lowest BCUT2D eigenvalue weighted by molar-refractivity contribution is 0.434. The van der Waals surface area contributed by atoms with Crippen molar-refractivity contribution in [2.45, 2.75) is 39.2 Å². The zero-order valence-electron chi connectivity index (χ0n) is 14.0. The maximum atomic E-state index is 11.8. The van der Waals surface area contributed by atoms with E-state index in [2.05, 4.69) is 28.6 Å². The van der Waals surface area contributed by atoms with Gasteiger partial charge in [0.1, 0.15) is 5.82 Å². The lowest BCUT2D eigenvalue weighted by Crippen LogP contribution is -2.38. The summed E-state index contributed by atoms with van der Waals surface area (Å²) in [6.45, 7) is 7.08. The molecule has 0 bridgehead atoms. The highest BCUT2D eigenvalue weighted by molar-refractivity contribution is 7.91. The normalized spacial score (nSPS) is 24.8. The molecular formula is C16H26N4O2S. The van der Waals surface area contributed by atoms with Crippen LogP contribution in [0.4, 0.5) is 11.8 Å². The molecule has 2 fully saturated rings. The van der Waals surface area contributed by atoms with E-state index in [0.29, 0.717) is 6.42 Å². The Labute approximate surface area is 138 Å². The fourth-order valence-electron chi connectivity index (χ4n) is 3.49. The largest absolute Gasteiger partial charge is 0.353 e. The predicted octanol–water partition coefficient (Wildman–Crippen LogP) is 1.73. The van der Waals surface area contributed by atoms with Crippen molar-refractivity contribution in [3.63, 3.8) is 0 Å². The number of anilines is 2. The quantitative estimate of drug-likeness (QED) is 0.833. The van der Waals surface area contributed by atoms with E-state index in [1.807, 2.05) is 6.07 Å². The highest BCUT2D eigenvalue weighted by atomic mass is 32.2. The molecule has 128 valence electrons. The van der Waals surface area contributed by atoms with Crippen molar-refractivity contribution in [2.75, 3.05) is 40.9 Å². The van der Waals surface area contributed by atoms with Gasteiger partial charge in [-0.15, -0.1) is 0 Å². The summed E-state index contributed by atoms with van der Waals surface area (Å²) in [6.07, 6.45) is 4.83. The molecule has 2 aliphatic rings. The van der Waals surface area contributed by atoms with Crippen molar-refractivity contribution in [1.82, 2.24) is 9.97 Å². The minimum Gasteiger partial charge on any atom is -0.353 e. The molecule has 0 aliphatic carbocycles. The molecule has 0 N–H and O–H groups in total. The average molecular weight is 338 g/mol. The van der Waals surface area contributed by atoms with Crippen LogP contribution in [0.3, 0.4) is 0 Å². The SMILES string of the molecule is CCN(c1ccnc(N2CCC(C)CC2)n1)C1CCS(=O)(=O)C1.